The van der Waals surface area contributed by atoms with Crippen LogP contribution in [0.25, 0.3) is 0 Å². The highest BCUT2D eigenvalue weighted by Gasteiger charge is 2.15. The van der Waals surface area contributed by atoms with E-state index in [1.807, 2.05) is 25.2 Å². The van der Waals surface area contributed by atoms with Crippen LogP contribution in [0.5, 0.6) is 0 Å². The second-order valence-electron chi connectivity index (χ2n) is 4.45. The normalized spacial score (nSPS) is 13.3. The quantitative estimate of drug-likeness (QED) is 0.797. The molecule has 1 aromatic carbocycles. The largest absolute Gasteiger partial charge is 0.313 e. The summed E-state index contributed by atoms with van der Waals surface area (Å²) in [5, 5.41) is 3.84. The molecule has 19 heavy (non-hydrogen) atoms. The summed E-state index contributed by atoms with van der Waals surface area (Å²) in [6, 6.07) is 5.76. The van der Waals surface area contributed by atoms with Crippen molar-refractivity contribution in [2.75, 3.05) is 27.2 Å². The van der Waals surface area contributed by atoms with Crippen molar-refractivity contribution < 1.29 is 8.78 Å². The molecule has 0 saturated heterocycles. The van der Waals surface area contributed by atoms with Crippen molar-refractivity contribution in [3.63, 3.8) is 0 Å². The molecule has 108 valence electrons. The lowest BCUT2D eigenvalue weighted by molar-refractivity contribution is 0.0986. The molecule has 6 heteroatoms. The Hall–Kier alpha value is -0.230. The first-order valence-corrected chi connectivity index (χ1v) is 7.20. The van der Waals surface area contributed by atoms with Gasteiger partial charge in [-0.2, -0.15) is 0 Å². The first-order chi connectivity index (χ1) is 8.93. The average molecular weight is 356 g/mol. The summed E-state index contributed by atoms with van der Waals surface area (Å²) in [6.45, 7) is 0.382. The van der Waals surface area contributed by atoms with Gasteiger partial charge in [-0.1, -0.05) is 33.6 Å². The van der Waals surface area contributed by atoms with E-state index < -0.39 is 6.43 Å². The summed E-state index contributed by atoms with van der Waals surface area (Å²) < 4.78 is 25.4. The highest BCUT2D eigenvalue weighted by Crippen LogP contribution is 2.28. The highest BCUT2D eigenvalue weighted by atomic mass is 79.9. The number of rotatable bonds is 7. The lowest BCUT2D eigenvalue weighted by Crippen LogP contribution is -2.29. The summed E-state index contributed by atoms with van der Waals surface area (Å²) >= 11 is 9.56. The zero-order valence-electron chi connectivity index (χ0n) is 11.0. The van der Waals surface area contributed by atoms with Gasteiger partial charge in [-0.05, 0) is 44.8 Å². The zero-order valence-corrected chi connectivity index (χ0v) is 13.3. The molecule has 0 aromatic heterocycles. The van der Waals surface area contributed by atoms with Crippen LogP contribution >= 0.6 is 27.5 Å². The third kappa shape index (κ3) is 5.73. The Kier molecular flexibility index (Phi) is 7.21. The number of halogens is 4. The molecule has 0 aliphatic rings. The maximum absolute atomic E-state index is 12.2. The van der Waals surface area contributed by atoms with Crippen LogP contribution in [0.4, 0.5) is 8.78 Å². The molecule has 1 rings (SSSR count). The molecule has 0 fully saturated rings. The molecule has 1 atom stereocenters. The number of nitrogens with zero attached hydrogens (tertiary/aromatic N) is 1. The van der Waals surface area contributed by atoms with Crippen LogP contribution in [0.15, 0.2) is 22.7 Å². The lowest BCUT2D eigenvalue weighted by Gasteiger charge is -2.22. The average Bonchev–Trinajstić information content (AvgIpc) is 2.31. The van der Waals surface area contributed by atoms with E-state index in [0.717, 1.165) is 16.5 Å². The summed E-state index contributed by atoms with van der Waals surface area (Å²) in [4.78, 5) is 1.63. The van der Waals surface area contributed by atoms with Crippen LogP contribution in [0.1, 0.15) is 18.0 Å². The first-order valence-electron chi connectivity index (χ1n) is 6.03. The Balaban J connectivity index is 2.63. The van der Waals surface area contributed by atoms with Crippen LogP contribution in [0.2, 0.25) is 5.02 Å². The number of benzene rings is 1. The van der Waals surface area contributed by atoms with Gasteiger partial charge in [0.05, 0.1) is 6.54 Å². The highest BCUT2D eigenvalue weighted by molar-refractivity contribution is 9.10. The van der Waals surface area contributed by atoms with Crippen molar-refractivity contribution in [1.82, 2.24) is 10.2 Å². The molecule has 1 aromatic rings. The molecule has 0 heterocycles. The van der Waals surface area contributed by atoms with Gasteiger partial charge in [-0.15, -0.1) is 0 Å². The van der Waals surface area contributed by atoms with E-state index in [-0.39, 0.29) is 12.6 Å². The Labute approximate surface area is 126 Å². The smallest absolute Gasteiger partial charge is 0.251 e. The van der Waals surface area contributed by atoms with E-state index in [0.29, 0.717) is 11.6 Å². The Morgan fingerprint density at radius 2 is 2.11 bits per heavy atom. The van der Waals surface area contributed by atoms with Gasteiger partial charge in [0, 0.05) is 15.5 Å². The van der Waals surface area contributed by atoms with E-state index in [9.17, 15) is 8.78 Å². The number of hydrogen-bond acceptors (Lipinski definition) is 2. The van der Waals surface area contributed by atoms with Gasteiger partial charge in [0.1, 0.15) is 0 Å². The second-order valence-corrected chi connectivity index (χ2v) is 5.77. The third-order valence-electron chi connectivity index (χ3n) is 2.94. The van der Waals surface area contributed by atoms with Gasteiger partial charge in [-0.25, -0.2) is 8.78 Å². The fraction of sp³-hybridized carbons (Fsp3) is 0.538. The zero-order chi connectivity index (χ0) is 14.4. The second kappa shape index (κ2) is 8.15. The van der Waals surface area contributed by atoms with Crippen LogP contribution in [0.3, 0.4) is 0 Å². The van der Waals surface area contributed by atoms with E-state index in [4.69, 9.17) is 11.6 Å². The molecule has 1 N–H and O–H groups in total. The molecule has 0 aliphatic carbocycles. The predicted molar refractivity (Wildman–Crippen MR) is 79.1 cm³/mol. The van der Waals surface area contributed by atoms with Gasteiger partial charge < -0.3 is 10.2 Å². The van der Waals surface area contributed by atoms with E-state index in [1.54, 1.807) is 11.9 Å². The maximum atomic E-state index is 12.2. The predicted octanol–water partition coefficient (Wildman–Crippen LogP) is 3.95. The molecule has 0 spiro atoms. The van der Waals surface area contributed by atoms with Gasteiger partial charge >= 0.3 is 0 Å². The van der Waals surface area contributed by atoms with Crippen molar-refractivity contribution in [2.24, 2.45) is 0 Å². The number of nitrogens with one attached hydrogen (secondary N) is 1. The molecule has 0 aliphatic heterocycles. The molecular formula is C13H18BrClF2N2. The Bertz CT molecular complexity index is 404. The van der Waals surface area contributed by atoms with E-state index in [2.05, 4.69) is 21.2 Å². The fourth-order valence-corrected chi connectivity index (χ4v) is 2.72. The Morgan fingerprint density at radius 1 is 1.42 bits per heavy atom. The van der Waals surface area contributed by atoms with Crippen LogP contribution in [0, 0.1) is 0 Å². The van der Waals surface area contributed by atoms with Crippen LogP contribution in [-0.4, -0.2) is 38.5 Å². The number of alkyl halides is 2. The standard InChI is InChI=1S/C13H18BrClF2N2/c1-18-12(5-6-19(2)8-13(16)17)10-4-3-9(14)7-11(10)15/h3-4,7,12-13,18H,5-6,8H2,1-2H3. The minimum atomic E-state index is -2.30. The molecule has 0 radical (unpaired) electrons. The molecule has 2 nitrogen and oxygen atoms in total. The molecule has 0 saturated carbocycles. The lowest BCUT2D eigenvalue weighted by atomic mass is 10.0. The summed E-state index contributed by atoms with van der Waals surface area (Å²) in [7, 11) is 3.54. The van der Waals surface area contributed by atoms with Gasteiger partial charge in [-0.3, -0.25) is 0 Å². The van der Waals surface area contributed by atoms with Crippen molar-refractivity contribution in [3.8, 4) is 0 Å². The molecule has 0 bridgehead atoms. The van der Waals surface area contributed by atoms with Gasteiger partial charge in [0.15, 0.2) is 0 Å². The topological polar surface area (TPSA) is 15.3 Å². The Morgan fingerprint density at radius 3 is 2.63 bits per heavy atom. The van der Waals surface area contributed by atoms with Gasteiger partial charge in [0.2, 0.25) is 0 Å². The van der Waals surface area contributed by atoms with Crippen LogP contribution in [-0.2, 0) is 0 Å². The fourth-order valence-electron chi connectivity index (χ4n) is 1.92. The number of hydrogen-bond donors (Lipinski definition) is 1. The first kappa shape index (κ1) is 16.8. The van der Waals surface area contributed by atoms with E-state index in [1.165, 1.54) is 0 Å². The van der Waals surface area contributed by atoms with E-state index >= 15 is 0 Å². The summed E-state index contributed by atoms with van der Waals surface area (Å²) in [6.07, 6.45) is -1.57. The SMILES string of the molecule is CNC(CCN(C)CC(F)F)c1ccc(Br)cc1Cl. The van der Waals surface area contributed by atoms with Crippen molar-refractivity contribution in [2.45, 2.75) is 18.9 Å². The van der Waals surface area contributed by atoms with Crippen molar-refractivity contribution in [3.05, 3.63) is 33.3 Å². The minimum Gasteiger partial charge on any atom is -0.313 e. The molecule has 0 amide bonds. The van der Waals surface area contributed by atoms with Gasteiger partial charge in [0.25, 0.3) is 6.43 Å². The third-order valence-corrected chi connectivity index (χ3v) is 3.76. The maximum Gasteiger partial charge on any atom is 0.251 e. The molecular weight excluding hydrogens is 338 g/mol. The minimum absolute atomic E-state index is 0.0562. The van der Waals surface area contributed by atoms with Crippen molar-refractivity contribution >= 4 is 27.5 Å². The van der Waals surface area contributed by atoms with Crippen molar-refractivity contribution in [1.29, 1.82) is 0 Å². The summed E-state index contributed by atoms with van der Waals surface area (Å²) in [5.41, 5.74) is 0.984. The monoisotopic (exact) mass is 354 g/mol. The van der Waals surface area contributed by atoms with Crippen LogP contribution < -0.4 is 5.32 Å². The molecule has 1 unspecified atom stereocenters. The summed E-state index contributed by atoms with van der Waals surface area (Å²) in [5.74, 6) is 0.